The molecule has 3 aromatic rings. The summed E-state index contributed by atoms with van der Waals surface area (Å²) in [5, 5.41) is 2.03. The minimum absolute atomic E-state index is 0.121. The van der Waals surface area contributed by atoms with Gasteiger partial charge in [-0.05, 0) is 54.3 Å². The van der Waals surface area contributed by atoms with Crippen LogP contribution in [0.25, 0.3) is 16.8 Å². The fourth-order valence-electron chi connectivity index (χ4n) is 3.29. The number of rotatable bonds is 5. The maximum atomic E-state index is 13.1. The number of hydrogen-bond acceptors (Lipinski definition) is 5. The molecule has 1 aliphatic rings. The largest absolute Gasteiger partial charge is 0.496 e. The Balaban J connectivity index is 1.69. The third-order valence-corrected chi connectivity index (χ3v) is 5.93. The molecule has 29 heavy (non-hydrogen) atoms. The highest BCUT2D eigenvalue weighted by molar-refractivity contribution is 8.27. The molecule has 4 rings (SSSR count). The van der Waals surface area contributed by atoms with Gasteiger partial charge in [-0.2, -0.15) is 0 Å². The number of benzene rings is 3. The summed E-state index contributed by atoms with van der Waals surface area (Å²) < 4.78 is 11.5. The molecule has 0 bridgehead atoms. The molecule has 3 aromatic carbocycles. The highest BCUT2D eigenvalue weighted by Crippen LogP contribution is 2.38. The van der Waals surface area contributed by atoms with Crippen molar-refractivity contribution >= 4 is 56.7 Å². The molecule has 4 nitrogen and oxygen atoms in total. The van der Waals surface area contributed by atoms with E-state index in [2.05, 4.69) is 0 Å². The van der Waals surface area contributed by atoms with E-state index >= 15 is 0 Å². The van der Waals surface area contributed by atoms with Crippen molar-refractivity contribution in [3.63, 3.8) is 0 Å². The molecule has 0 aliphatic carbocycles. The van der Waals surface area contributed by atoms with Crippen molar-refractivity contribution < 1.29 is 14.3 Å². The third-order valence-electron chi connectivity index (χ3n) is 4.62. The van der Waals surface area contributed by atoms with Crippen molar-refractivity contribution in [1.29, 1.82) is 0 Å². The quantitative estimate of drug-likeness (QED) is 0.393. The summed E-state index contributed by atoms with van der Waals surface area (Å²) in [7, 11) is 1.66. The van der Waals surface area contributed by atoms with Gasteiger partial charge in [-0.1, -0.05) is 54.3 Å². The predicted molar refractivity (Wildman–Crippen MR) is 124 cm³/mol. The molecular weight excluding hydrogens is 402 g/mol. The first-order valence-corrected chi connectivity index (χ1v) is 10.4. The lowest BCUT2D eigenvalue weighted by Crippen LogP contribution is -2.27. The van der Waals surface area contributed by atoms with E-state index in [9.17, 15) is 4.79 Å². The van der Waals surface area contributed by atoms with Crippen LogP contribution in [0.5, 0.6) is 11.5 Å². The van der Waals surface area contributed by atoms with Crippen molar-refractivity contribution in [2.45, 2.75) is 6.92 Å². The first-order valence-electron chi connectivity index (χ1n) is 9.19. The number of amides is 1. The van der Waals surface area contributed by atoms with Gasteiger partial charge in [0.15, 0.2) is 4.32 Å². The van der Waals surface area contributed by atoms with Crippen LogP contribution >= 0.6 is 24.0 Å². The standard InChI is InChI=1S/C23H19NO3S2/c1-3-27-17-11-9-16(10-12-17)24-22(25)21(29-23(24)28)14-15-8-13-20(26-2)19-7-5-4-6-18(15)19/h4-14H,3H2,1-2H3/b21-14+. The molecule has 0 N–H and O–H groups in total. The monoisotopic (exact) mass is 421 g/mol. The zero-order valence-corrected chi connectivity index (χ0v) is 17.7. The second-order valence-electron chi connectivity index (χ2n) is 6.35. The Morgan fingerprint density at radius 2 is 1.76 bits per heavy atom. The Morgan fingerprint density at radius 3 is 2.45 bits per heavy atom. The van der Waals surface area contributed by atoms with E-state index in [1.165, 1.54) is 11.8 Å². The average molecular weight is 422 g/mol. The minimum Gasteiger partial charge on any atom is -0.496 e. The molecule has 0 aromatic heterocycles. The Morgan fingerprint density at radius 1 is 1.03 bits per heavy atom. The molecule has 1 heterocycles. The number of thioether (sulfide) groups is 1. The van der Waals surface area contributed by atoms with E-state index in [1.807, 2.05) is 73.7 Å². The van der Waals surface area contributed by atoms with Crippen LogP contribution in [0.15, 0.2) is 65.6 Å². The van der Waals surface area contributed by atoms with Crippen LogP contribution < -0.4 is 14.4 Å². The lowest BCUT2D eigenvalue weighted by molar-refractivity contribution is -0.113. The summed E-state index contributed by atoms with van der Waals surface area (Å²) in [5.41, 5.74) is 1.69. The zero-order chi connectivity index (χ0) is 20.4. The number of carbonyl (C=O) groups is 1. The summed E-state index contributed by atoms with van der Waals surface area (Å²) in [4.78, 5) is 15.2. The molecule has 1 fully saturated rings. The fourth-order valence-corrected chi connectivity index (χ4v) is 4.58. The zero-order valence-electron chi connectivity index (χ0n) is 16.0. The van der Waals surface area contributed by atoms with Gasteiger partial charge in [0, 0.05) is 5.39 Å². The summed E-state index contributed by atoms with van der Waals surface area (Å²) in [6, 6.07) is 19.3. The summed E-state index contributed by atoms with van der Waals surface area (Å²) in [6.07, 6.45) is 1.90. The predicted octanol–water partition coefficient (Wildman–Crippen LogP) is 5.65. The third kappa shape index (κ3) is 3.73. The number of carbonyl (C=O) groups excluding carboxylic acids is 1. The fraction of sp³-hybridized carbons (Fsp3) is 0.130. The van der Waals surface area contributed by atoms with Gasteiger partial charge in [-0.15, -0.1) is 0 Å². The Labute approximate surface area is 179 Å². The number of thiocarbonyl (C=S) groups is 1. The number of nitrogens with zero attached hydrogens (tertiary/aromatic N) is 1. The van der Waals surface area contributed by atoms with Crippen molar-refractivity contribution in [2.24, 2.45) is 0 Å². The molecule has 0 atom stereocenters. The van der Waals surface area contributed by atoms with Gasteiger partial charge >= 0.3 is 0 Å². The number of hydrogen-bond donors (Lipinski definition) is 0. The topological polar surface area (TPSA) is 38.8 Å². The number of anilines is 1. The Bertz CT molecular complexity index is 1120. The average Bonchev–Trinajstić information content (AvgIpc) is 3.02. The van der Waals surface area contributed by atoms with Gasteiger partial charge in [0.2, 0.25) is 0 Å². The van der Waals surface area contributed by atoms with Crippen molar-refractivity contribution in [3.8, 4) is 11.5 Å². The molecule has 1 saturated heterocycles. The second kappa shape index (κ2) is 8.27. The minimum atomic E-state index is -0.121. The Kier molecular flexibility index (Phi) is 5.56. The van der Waals surface area contributed by atoms with Gasteiger partial charge < -0.3 is 9.47 Å². The maximum absolute atomic E-state index is 13.1. The van der Waals surface area contributed by atoms with E-state index in [0.29, 0.717) is 15.8 Å². The molecule has 146 valence electrons. The van der Waals surface area contributed by atoms with Crippen LogP contribution in [0.3, 0.4) is 0 Å². The highest BCUT2D eigenvalue weighted by Gasteiger charge is 2.33. The van der Waals surface area contributed by atoms with Crippen LogP contribution in [-0.2, 0) is 4.79 Å². The van der Waals surface area contributed by atoms with Crippen LogP contribution in [-0.4, -0.2) is 23.9 Å². The molecule has 1 amide bonds. The summed E-state index contributed by atoms with van der Waals surface area (Å²) in [6.45, 7) is 2.53. The first-order chi connectivity index (χ1) is 14.1. The van der Waals surface area contributed by atoms with E-state index in [0.717, 1.165) is 33.5 Å². The van der Waals surface area contributed by atoms with Crippen LogP contribution in [0.1, 0.15) is 12.5 Å². The van der Waals surface area contributed by atoms with Crippen LogP contribution in [0.2, 0.25) is 0 Å². The van der Waals surface area contributed by atoms with Gasteiger partial charge in [0.05, 0.1) is 24.3 Å². The van der Waals surface area contributed by atoms with Gasteiger partial charge in [-0.3, -0.25) is 9.69 Å². The van der Waals surface area contributed by atoms with E-state index in [-0.39, 0.29) is 5.91 Å². The molecule has 0 unspecified atom stereocenters. The number of fused-ring (bicyclic) bond motifs is 1. The van der Waals surface area contributed by atoms with Crippen molar-refractivity contribution in [1.82, 2.24) is 0 Å². The summed E-state index contributed by atoms with van der Waals surface area (Å²) in [5.74, 6) is 1.45. The number of ether oxygens (including phenoxy) is 2. The highest BCUT2D eigenvalue weighted by atomic mass is 32.2. The summed E-state index contributed by atoms with van der Waals surface area (Å²) >= 11 is 6.80. The molecule has 0 spiro atoms. The van der Waals surface area contributed by atoms with Gasteiger partial charge in [-0.25, -0.2) is 0 Å². The Hall–Kier alpha value is -2.83. The van der Waals surface area contributed by atoms with Crippen LogP contribution in [0, 0.1) is 0 Å². The van der Waals surface area contributed by atoms with Crippen LogP contribution in [0.4, 0.5) is 5.69 Å². The molecule has 0 saturated carbocycles. The van der Waals surface area contributed by atoms with Crippen molar-refractivity contribution in [2.75, 3.05) is 18.6 Å². The van der Waals surface area contributed by atoms with Crippen molar-refractivity contribution in [3.05, 3.63) is 71.1 Å². The lowest BCUT2D eigenvalue weighted by Gasteiger charge is -2.15. The first kappa shape index (κ1) is 19.5. The molecule has 6 heteroatoms. The van der Waals surface area contributed by atoms with E-state index < -0.39 is 0 Å². The smallest absolute Gasteiger partial charge is 0.270 e. The molecular formula is C23H19NO3S2. The maximum Gasteiger partial charge on any atom is 0.270 e. The molecule has 1 aliphatic heterocycles. The van der Waals surface area contributed by atoms with Gasteiger partial charge in [0.1, 0.15) is 11.5 Å². The van der Waals surface area contributed by atoms with E-state index in [1.54, 1.807) is 12.0 Å². The van der Waals surface area contributed by atoms with Gasteiger partial charge in [0.25, 0.3) is 5.91 Å². The number of methoxy groups -OCH3 is 1. The lowest BCUT2D eigenvalue weighted by atomic mass is 10.0. The second-order valence-corrected chi connectivity index (χ2v) is 8.02. The SMILES string of the molecule is CCOc1ccc(N2C(=O)/C(=C\c3ccc(OC)c4ccccc34)SC2=S)cc1. The van der Waals surface area contributed by atoms with E-state index in [4.69, 9.17) is 21.7 Å². The normalized spacial score (nSPS) is 15.4. The molecule has 0 radical (unpaired) electrons.